The maximum atomic E-state index is 11.3. The first-order valence-corrected chi connectivity index (χ1v) is 5.07. The third-order valence-corrected chi connectivity index (χ3v) is 2.69. The molecule has 0 aliphatic heterocycles. The summed E-state index contributed by atoms with van der Waals surface area (Å²) in [7, 11) is 0. The molecule has 0 bridgehead atoms. The fraction of sp³-hybridized carbons (Fsp3) is 0.727. The predicted octanol–water partition coefficient (Wildman–Crippen LogP) is 0.877. The van der Waals surface area contributed by atoms with Gasteiger partial charge in [-0.05, 0) is 20.3 Å². The molecule has 0 fully saturated rings. The van der Waals surface area contributed by atoms with Crippen molar-refractivity contribution in [2.45, 2.75) is 27.2 Å². The maximum Gasteiger partial charge on any atom is 0.333 e. The second-order valence-electron chi connectivity index (χ2n) is 3.72. The molecule has 0 aliphatic carbocycles. The summed E-state index contributed by atoms with van der Waals surface area (Å²) >= 11 is 0. The fourth-order valence-corrected chi connectivity index (χ4v) is 0.917. The molecule has 2 N–H and O–H groups in total. The summed E-state index contributed by atoms with van der Waals surface area (Å²) in [5.74, 6) is -0.405. The molecule has 0 spiro atoms. The molecule has 0 heterocycles. The maximum absolute atomic E-state index is 11.3. The first-order chi connectivity index (χ1) is 7.05. The Morgan fingerprint density at radius 3 is 2.27 bits per heavy atom. The summed E-state index contributed by atoms with van der Waals surface area (Å²) in [6.07, 6.45) is 2.22. The molecule has 0 unspecified atom stereocenters. The van der Waals surface area contributed by atoms with Gasteiger partial charge in [-0.15, -0.1) is 0 Å². The van der Waals surface area contributed by atoms with E-state index in [-0.39, 0.29) is 19.8 Å². The van der Waals surface area contributed by atoms with Crippen LogP contribution in [0.15, 0.2) is 11.6 Å². The number of hydrogen-bond acceptors (Lipinski definition) is 4. The molecule has 0 aromatic heterocycles. The normalized spacial score (nSPS) is 12.7. The van der Waals surface area contributed by atoms with Gasteiger partial charge in [0.25, 0.3) is 0 Å². The van der Waals surface area contributed by atoms with Gasteiger partial charge in [-0.1, -0.05) is 13.0 Å². The Morgan fingerprint density at radius 2 is 1.93 bits per heavy atom. The average molecular weight is 216 g/mol. The molecule has 0 saturated heterocycles. The van der Waals surface area contributed by atoms with Gasteiger partial charge in [0, 0.05) is 5.57 Å². The third kappa shape index (κ3) is 4.01. The van der Waals surface area contributed by atoms with E-state index in [1.165, 1.54) is 0 Å². The number of carbonyl (C=O) groups excluding carboxylic acids is 1. The van der Waals surface area contributed by atoms with Crippen molar-refractivity contribution in [1.82, 2.24) is 0 Å². The molecule has 0 aliphatic rings. The quantitative estimate of drug-likeness (QED) is 0.511. The van der Waals surface area contributed by atoms with E-state index in [0.717, 1.165) is 0 Å². The van der Waals surface area contributed by atoms with E-state index in [0.29, 0.717) is 12.0 Å². The number of esters is 1. The summed E-state index contributed by atoms with van der Waals surface area (Å²) in [6, 6.07) is 0. The lowest BCUT2D eigenvalue weighted by atomic mass is 9.88. The summed E-state index contributed by atoms with van der Waals surface area (Å²) in [5, 5.41) is 18.2. The Labute approximate surface area is 90.6 Å². The van der Waals surface area contributed by atoms with E-state index in [9.17, 15) is 4.79 Å². The molecule has 4 heteroatoms. The molecule has 0 rings (SSSR count). The van der Waals surface area contributed by atoms with Crippen LogP contribution >= 0.6 is 0 Å². The molecule has 15 heavy (non-hydrogen) atoms. The number of carbonyl (C=O) groups is 1. The van der Waals surface area contributed by atoms with Crippen molar-refractivity contribution in [3.05, 3.63) is 11.6 Å². The molecule has 0 saturated carbocycles. The Balaban J connectivity index is 4.29. The molecule has 0 aromatic carbocycles. The summed E-state index contributed by atoms with van der Waals surface area (Å²) in [4.78, 5) is 11.3. The van der Waals surface area contributed by atoms with E-state index < -0.39 is 11.4 Å². The highest BCUT2D eigenvalue weighted by Gasteiger charge is 2.28. The van der Waals surface area contributed by atoms with Crippen molar-refractivity contribution in [2.24, 2.45) is 5.41 Å². The lowest BCUT2D eigenvalue weighted by molar-refractivity contribution is -0.145. The van der Waals surface area contributed by atoms with Crippen molar-refractivity contribution >= 4 is 5.97 Å². The Morgan fingerprint density at radius 1 is 1.40 bits per heavy atom. The summed E-state index contributed by atoms with van der Waals surface area (Å²) < 4.78 is 5.01. The van der Waals surface area contributed by atoms with Crippen molar-refractivity contribution in [1.29, 1.82) is 0 Å². The Kier molecular flexibility index (Phi) is 6.20. The number of aliphatic hydroxyl groups excluding tert-OH is 2. The standard InChI is InChI=1S/C11H20O4/c1-4-9(3)10(14)15-8-11(5-2,6-12)7-13/h4,12-13H,5-8H2,1-3H3/b9-4+. The van der Waals surface area contributed by atoms with Crippen molar-refractivity contribution in [3.63, 3.8) is 0 Å². The van der Waals surface area contributed by atoms with Crippen molar-refractivity contribution < 1.29 is 19.7 Å². The van der Waals surface area contributed by atoms with Crippen molar-refractivity contribution in [3.8, 4) is 0 Å². The highest BCUT2D eigenvalue weighted by molar-refractivity contribution is 5.87. The van der Waals surface area contributed by atoms with Crippen LogP contribution in [-0.2, 0) is 9.53 Å². The van der Waals surface area contributed by atoms with Gasteiger partial charge in [0.15, 0.2) is 0 Å². The minimum absolute atomic E-state index is 0.0422. The van der Waals surface area contributed by atoms with Crippen LogP contribution in [0.3, 0.4) is 0 Å². The summed E-state index contributed by atoms with van der Waals surface area (Å²) in [6.45, 7) is 4.91. The monoisotopic (exact) mass is 216 g/mol. The zero-order valence-corrected chi connectivity index (χ0v) is 9.62. The van der Waals surface area contributed by atoms with Crippen molar-refractivity contribution in [2.75, 3.05) is 19.8 Å². The third-order valence-electron chi connectivity index (χ3n) is 2.69. The molecule has 0 radical (unpaired) electrons. The number of allylic oxidation sites excluding steroid dienone is 1. The van der Waals surface area contributed by atoms with Gasteiger partial charge in [0.05, 0.1) is 18.6 Å². The molecule has 0 amide bonds. The first kappa shape index (κ1) is 14.1. The van der Waals surface area contributed by atoms with Gasteiger partial charge in [-0.25, -0.2) is 4.79 Å². The van der Waals surface area contributed by atoms with Gasteiger partial charge in [0.1, 0.15) is 6.61 Å². The molecular weight excluding hydrogens is 196 g/mol. The van der Waals surface area contributed by atoms with E-state index in [2.05, 4.69) is 0 Å². The second kappa shape index (κ2) is 6.58. The van der Waals surface area contributed by atoms with Crippen LogP contribution in [0.5, 0.6) is 0 Å². The van der Waals surface area contributed by atoms with Gasteiger partial charge in [-0.2, -0.15) is 0 Å². The van der Waals surface area contributed by atoms with Gasteiger partial charge in [-0.3, -0.25) is 0 Å². The predicted molar refractivity (Wildman–Crippen MR) is 57.3 cm³/mol. The average Bonchev–Trinajstić information content (AvgIpc) is 2.30. The zero-order chi connectivity index (χ0) is 11.9. The largest absolute Gasteiger partial charge is 0.462 e. The lowest BCUT2D eigenvalue weighted by Crippen LogP contribution is -2.35. The van der Waals surface area contributed by atoms with Crippen LogP contribution in [0.2, 0.25) is 0 Å². The van der Waals surface area contributed by atoms with Crippen LogP contribution in [0.25, 0.3) is 0 Å². The van der Waals surface area contributed by atoms with Crippen LogP contribution in [0.1, 0.15) is 27.2 Å². The summed E-state index contributed by atoms with van der Waals surface area (Å²) in [5.41, 5.74) is -0.195. The SMILES string of the molecule is C/C=C(\C)C(=O)OCC(CC)(CO)CO. The van der Waals surface area contributed by atoms with E-state index in [4.69, 9.17) is 14.9 Å². The van der Waals surface area contributed by atoms with Crippen LogP contribution in [0.4, 0.5) is 0 Å². The lowest BCUT2D eigenvalue weighted by Gasteiger charge is -2.27. The fourth-order valence-electron chi connectivity index (χ4n) is 0.917. The Bertz CT molecular complexity index is 220. The second-order valence-corrected chi connectivity index (χ2v) is 3.72. The first-order valence-electron chi connectivity index (χ1n) is 5.07. The molecule has 0 aromatic rings. The van der Waals surface area contributed by atoms with E-state index in [1.54, 1.807) is 19.9 Å². The smallest absolute Gasteiger partial charge is 0.333 e. The number of rotatable bonds is 6. The topological polar surface area (TPSA) is 66.8 Å². The molecule has 4 nitrogen and oxygen atoms in total. The van der Waals surface area contributed by atoms with Crippen LogP contribution < -0.4 is 0 Å². The Hall–Kier alpha value is -0.870. The van der Waals surface area contributed by atoms with Crippen LogP contribution in [-0.4, -0.2) is 36.0 Å². The number of hydrogen-bond donors (Lipinski definition) is 2. The van der Waals surface area contributed by atoms with E-state index >= 15 is 0 Å². The van der Waals surface area contributed by atoms with Gasteiger partial charge < -0.3 is 14.9 Å². The highest BCUT2D eigenvalue weighted by atomic mass is 16.5. The zero-order valence-electron chi connectivity index (χ0n) is 9.62. The minimum atomic E-state index is -0.719. The minimum Gasteiger partial charge on any atom is -0.462 e. The number of aliphatic hydroxyl groups is 2. The molecular formula is C11H20O4. The number of ether oxygens (including phenoxy) is 1. The van der Waals surface area contributed by atoms with Gasteiger partial charge in [0.2, 0.25) is 0 Å². The highest BCUT2D eigenvalue weighted by Crippen LogP contribution is 2.21. The van der Waals surface area contributed by atoms with E-state index in [1.807, 2.05) is 6.92 Å². The van der Waals surface area contributed by atoms with Crippen LogP contribution in [0, 0.1) is 5.41 Å². The molecule has 0 atom stereocenters. The van der Waals surface area contributed by atoms with Gasteiger partial charge >= 0.3 is 5.97 Å². The molecule has 88 valence electrons.